The molecule has 0 spiro atoms. The van der Waals surface area contributed by atoms with Gasteiger partial charge in [-0.15, -0.1) is 0 Å². The molecule has 0 aliphatic carbocycles. The lowest BCUT2D eigenvalue weighted by molar-refractivity contribution is -0.126. The number of anilines is 1. The third kappa shape index (κ3) is 7.14. The highest BCUT2D eigenvalue weighted by atomic mass is 35.5. The molecule has 164 valence electrons. The van der Waals surface area contributed by atoms with E-state index in [0.29, 0.717) is 34.4 Å². The summed E-state index contributed by atoms with van der Waals surface area (Å²) in [5.41, 5.74) is 4.62. The first-order chi connectivity index (χ1) is 15.5. The summed E-state index contributed by atoms with van der Waals surface area (Å²) in [6.07, 6.45) is 1.09. The van der Waals surface area contributed by atoms with Gasteiger partial charge in [-0.25, -0.2) is 5.43 Å². The van der Waals surface area contributed by atoms with Crippen LogP contribution in [0.15, 0.2) is 77.9 Å². The van der Waals surface area contributed by atoms with Crippen LogP contribution in [0.5, 0.6) is 11.5 Å². The van der Waals surface area contributed by atoms with Gasteiger partial charge >= 0.3 is 0 Å². The Morgan fingerprint density at radius 2 is 1.72 bits per heavy atom. The van der Waals surface area contributed by atoms with Gasteiger partial charge in [0.2, 0.25) is 11.8 Å². The molecule has 3 aromatic rings. The highest BCUT2D eigenvalue weighted by Gasteiger charge is 2.09. The van der Waals surface area contributed by atoms with Crippen molar-refractivity contribution < 1.29 is 19.1 Å². The monoisotopic (exact) mass is 451 g/mol. The van der Waals surface area contributed by atoms with Crippen LogP contribution in [0.3, 0.4) is 0 Å². The van der Waals surface area contributed by atoms with Crippen molar-refractivity contribution in [2.75, 3.05) is 12.4 Å². The summed E-state index contributed by atoms with van der Waals surface area (Å²) in [5, 5.41) is 7.06. The van der Waals surface area contributed by atoms with Crippen molar-refractivity contribution >= 4 is 35.3 Å². The standard InChI is InChI=1S/C24H22ClN3O4/c1-31-22-13-18(7-12-21(22)32-16-17-5-3-2-4-6-17)15-26-28-24(30)14-23(29)27-20-10-8-19(25)9-11-20/h2-13,15H,14,16H2,1H3,(H,27,29)(H,28,30). The number of nitrogens with one attached hydrogen (secondary N) is 2. The first-order valence-corrected chi connectivity index (χ1v) is 10.1. The molecule has 2 N–H and O–H groups in total. The van der Waals surface area contributed by atoms with Crippen molar-refractivity contribution in [3.8, 4) is 11.5 Å². The molecule has 0 saturated carbocycles. The minimum atomic E-state index is -0.539. The number of hydrogen-bond acceptors (Lipinski definition) is 5. The topological polar surface area (TPSA) is 89.0 Å². The molecule has 0 aliphatic heterocycles. The Morgan fingerprint density at radius 3 is 2.44 bits per heavy atom. The van der Waals surface area contributed by atoms with Crippen LogP contribution in [0.25, 0.3) is 0 Å². The summed E-state index contributed by atoms with van der Waals surface area (Å²) >= 11 is 5.80. The Balaban J connectivity index is 1.50. The van der Waals surface area contributed by atoms with Gasteiger partial charge in [0.15, 0.2) is 11.5 Å². The van der Waals surface area contributed by atoms with E-state index in [-0.39, 0.29) is 6.42 Å². The summed E-state index contributed by atoms with van der Waals surface area (Å²) < 4.78 is 11.2. The second kappa shape index (κ2) is 11.5. The van der Waals surface area contributed by atoms with Crippen LogP contribution in [0.2, 0.25) is 5.02 Å². The van der Waals surface area contributed by atoms with Crippen molar-refractivity contribution in [1.29, 1.82) is 0 Å². The number of carbonyl (C=O) groups excluding carboxylic acids is 2. The smallest absolute Gasteiger partial charge is 0.249 e. The number of nitrogens with zero attached hydrogens (tertiary/aromatic N) is 1. The molecule has 0 atom stereocenters. The van der Waals surface area contributed by atoms with Gasteiger partial charge in [0.05, 0.1) is 13.3 Å². The van der Waals surface area contributed by atoms with Gasteiger partial charge in [0.25, 0.3) is 0 Å². The van der Waals surface area contributed by atoms with Gasteiger partial charge in [-0.2, -0.15) is 5.10 Å². The van der Waals surface area contributed by atoms with Crippen LogP contribution < -0.4 is 20.2 Å². The van der Waals surface area contributed by atoms with E-state index in [2.05, 4.69) is 15.8 Å². The molecular formula is C24H22ClN3O4. The Hall–Kier alpha value is -3.84. The molecule has 8 heteroatoms. The predicted molar refractivity (Wildman–Crippen MR) is 124 cm³/mol. The number of rotatable bonds is 9. The van der Waals surface area contributed by atoms with Gasteiger partial charge in [0.1, 0.15) is 13.0 Å². The van der Waals surface area contributed by atoms with E-state index in [1.807, 2.05) is 30.3 Å². The molecule has 0 radical (unpaired) electrons. The van der Waals surface area contributed by atoms with Crippen LogP contribution in [0.1, 0.15) is 17.5 Å². The van der Waals surface area contributed by atoms with E-state index < -0.39 is 11.8 Å². The maximum absolute atomic E-state index is 11.9. The Bertz CT molecular complexity index is 1090. The fraction of sp³-hybridized carbons (Fsp3) is 0.125. The number of hydrogen-bond donors (Lipinski definition) is 2. The number of ether oxygens (including phenoxy) is 2. The van der Waals surface area contributed by atoms with Crippen LogP contribution in [0.4, 0.5) is 5.69 Å². The molecule has 0 saturated heterocycles. The second-order valence-corrected chi connectivity index (χ2v) is 7.15. The van der Waals surface area contributed by atoms with E-state index in [0.717, 1.165) is 5.56 Å². The van der Waals surface area contributed by atoms with Crippen LogP contribution in [-0.2, 0) is 16.2 Å². The number of hydrazone groups is 1. The Labute approximate surface area is 191 Å². The van der Waals surface area contributed by atoms with E-state index in [1.165, 1.54) is 6.21 Å². The van der Waals surface area contributed by atoms with E-state index >= 15 is 0 Å². The van der Waals surface area contributed by atoms with Crippen LogP contribution >= 0.6 is 11.6 Å². The highest BCUT2D eigenvalue weighted by molar-refractivity contribution is 6.30. The number of carbonyl (C=O) groups is 2. The molecule has 32 heavy (non-hydrogen) atoms. The number of amides is 2. The molecule has 0 unspecified atom stereocenters. The van der Waals surface area contributed by atoms with E-state index in [1.54, 1.807) is 49.6 Å². The fourth-order valence-corrected chi connectivity index (χ4v) is 2.85. The van der Waals surface area contributed by atoms with Crippen LogP contribution in [-0.4, -0.2) is 25.1 Å². The van der Waals surface area contributed by atoms with Crippen molar-refractivity contribution in [3.05, 3.63) is 88.9 Å². The molecule has 0 heterocycles. The second-order valence-electron chi connectivity index (χ2n) is 6.71. The van der Waals surface area contributed by atoms with Gasteiger partial charge in [-0.05, 0) is 53.6 Å². The Morgan fingerprint density at radius 1 is 0.969 bits per heavy atom. The summed E-state index contributed by atoms with van der Waals surface area (Å²) in [7, 11) is 1.55. The average Bonchev–Trinajstić information content (AvgIpc) is 2.80. The first kappa shape index (κ1) is 22.8. The lowest BCUT2D eigenvalue weighted by Gasteiger charge is -2.11. The third-order valence-electron chi connectivity index (χ3n) is 4.28. The van der Waals surface area contributed by atoms with Crippen LogP contribution in [0, 0.1) is 0 Å². The molecule has 0 bridgehead atoms. The largest absolute Gasteiger partial charge is 0.493 e. The quantitative estimate of drug-likeness (QED) is 0.286. The maximum Gasteiger partial charge on any atom is 0.249 e. The minimum absolute atomic E-state index is 0.366. The normalized spacial score (nSPS) is 10.6. The fourth-order valence-electron chi connectivity index (χ4n) is 2.72. The molecule has 3 rings (SSSR count). The number of benzene rings is 3. The van der Waals surface area contributed by atoms with Gasteiger partial charge in [-0.3, -0.25) is 9.59 Å². The lowest BCUT2D eigenvalue weighted by atomic mass is 10.2. The molecular weight excluding hydrogens is 430 g/mol. The van der Waals surface area contributed by atoms with Crippen molar-refractivity contribution in [2.45, 2.75) is 13.0 Å². The number of methoxy groups -OCH3 is 1. The average molecular weight is 452 g/mol. The predicted octanol–water partition coefficient (Wildman–Crippen LogP) is 4.41. The molecule has 7 nitrogen and oxygen atoms in total. The summed E-state index contributed by atoms with van der Waals surface area (Å²) in [4.78, 5) is 23.9. The van der Waals surface area contributed by atoms with E-state index in [4.69, 9.17) is 21.1 Å². The maximum atomic E-state index is 11.9. The van der Waals surface area contributed by atoms with Gasteiger partial charge < -0.3 is 14.8 Å². The van der Waals surface area contributed by atoms with Gasteiger partial charge in [-0.1, -0.05) is 41.9 Å². The van der Waals surface area contributed by atoms with Gasteiger partial charge in [0, 0.05) is 10.7 Å². The summed E-state index contributed by atoms with van der Waals surface area (Å²) in [6.45, 7) is 0.415. The van der Waals surface area contributed by atoms with Crippen molar-refractivity contribution in [1.82, 2.24) is 5.43 Å². The number of halogens is 1. The van der Waals surface area contributed by atoms with E-state index in [9.17, 15) is 9.59 Å². The first-order valence-electron chi connectivity index (χ1n) is 9.75. The molecule has 3 aromatic carbocycles. The van der Waals surface area contributed by atoms with Crippen molar-refractivity contribution in [3.63, 3.8) is 0 Å². The third-order valence-corrected chi connectivity index (χ3v) is 4.53. The SMILES string of the molecule is COc1cc(C=NNC(=O)CC(=O)Nc2ccc(Cl)cc2)ccc1OCc1ccccc1. The molecule has 2 amide bonds. The molecule has 0 aromatic heterocycles. The zero-order chi connectivity index (χ0) is 22.8. The minimum Gasteiger partial charge on any atom is -0.493 e. The lowest BCUT2D eigenvalue weighted by Crippen LogP contribution is -2.24. The zero-order valence-electron chi connectivity index (χ0n) is 17.4. The Kier molecular flexibility index (Phi) is 8.22. The van der Waals surface area contributed by atoms with Crippen molar-refractivity contribution in [2.24, 2.45) is 5.10 Å². The molecule has 0 fully saturated rings. The summed E-state index contributed by atoms with van der Waals surface area (Å²) in [6, 6.07) is 21.7. The zero-order valence-corrected chi connectivity index (χ0v) is 18.1. The summed E-state index contributed by atoms with van der Waals surface area (Å²) in [5.74, 6) is 0.138. The molecule has 0 aliphatic rings. The highest BCUT2D eigenvalue weighted by Crippen LogP contribution is 2.28.